The van der Waals surface area contributed by atoms with Crippen LogP contribution in [-0.2, 0) is 11.3 Å². The molecule has 40 heavy (non-hydrogen) atoms. The summed E-state index contributed by atoms with van der Waals surface area (Å²) >= 11 is 0. The van der Waals surface area contributed by atoms with E-state index in [2.05, 4.69) is 27.3 Å². The molecule has 1 saturated heterocycles. The smallest absolute Gasteiger partial charge is 0.258 e. The molecule has 0 radical (unpaired) electrons. The molecule has 2 heterocycles. The number of amides is 2. The summed E-state index contributed by atoms with van der Waals surface area (Å²) in [7, 11) is 0. The lowest BCUT2D eigenvalue weighted by atomic mass is 10.1. The number of anilines is 3. The van der Waals surface area contributed by atoms with Gasteiger partial charge in [0.05, 0.1) is 17.9 Å². The second-order valence-corrected chi connectivity index (χ2v) is 10.9. The summed E-state index contributed by atoms with van der Waals surface area (Å²) in [5.74, 6) is 1.16. The lowest BCUT2D eigenvalue weighted by molar-refractivity contribution is -0.123. The van der Waals surface area contributed by atoms with Gasteiger partial charge in [-0.05, 0) is 110 Å². The van der Waals surface area contributed by atoms with Gasteiger partial charge in [0.25, 0.3) is 11.8 Å². The molecule has 2 fully saturated rings. The van der Waals surface area contributed by atoms with E-state index < -0.39 is 0 Å². The molecule has 206 valence electrons. The number of fused-ring (bicyclic) bond motifs is 1. The van der Waals surface area contributed by atoms with Crippen molar-refractivity contribution in [3.8, 4) is 5.75 Å². The summed E-state index contributed by atoms with van der Waals surface area (Å²) in [5.41, 5.74) is 12.0. The highest BCUT2D eigenvalue weighted by atomic mass is 16.5. The molecule has 0 aromatic heterocycles. The second-order valence-electron chi connectivity index (χ2n) is 10.9. The van der Waals surface area contributed by atoms with E-state index in [0.29, 0.717) is 29.6 Å². The molecule has 0 bridgehead atoms. The number of piperidine rings is 1. The lowest BCUT2D eigenvalue weighted by Crippen LogP contribution is -2.30. The van der Waals surface area contributed by atoms with Crippen LogP contribution in [0.3, 0.4) is 0 Å². The fourth-order valence-electron chi connectivity index (χ4n) is 5.25. The number of benzene rings is 3. The van der Waals surface area contributed by atoms with Crippen LogP contribution in [0.4, 0.5) is 22.7 Å². The topological polar surface area (TPSA) is 100 Å². The molecule has 8 heteroatoms. The maximum absolute atomic E-state index is 13.3. The Morgan fingerprint density at radius 1 is 1.00 bits per heavy atom. The first kappa shape index (κ1) is 25.9. The van der Waals surface area contributed by atoms with E-state index >= 15 is 0 Å². The number of rotatable bonds is 9. The maximum atomic E-state index is 13.3. The van der Waals surface area contributed by atoms with E-state index in [1.807, 2.05) is 42.5 Å². The zero-order valence-corrected chi connectivity index (χ0v) is 22.6. The van der Waals surface area contributed by atoms with Crippen molar-refractivity contribution in [1.29, 1.82) is 0 Å². The van der Waals surface area contributed by atoms with Crippen LogP contribution >= 0.6 is 0 Å². The molecule has 0 atom stereocenters. The molecule has 3 aliphatic rings. The number of carbonyl (C=O) groups excluding carboxylic acids is 2. The quantitative estimate of drug-likeness (QED) is 0.293. The van der Waals surface area contributed by atoms with Crippen LogP contribution in [0.15, 0.2) is 65.7 Å². The molecular weight excluding hydrogens is 502 g/mol. The molecule has 3 aromatic carbocycles. The van der Waals surface area contributed by atoms with Crippen LogP contribution < -0.4 is 25.6 Å². The largest absolute Gasteiger partial charge is 0.484 e. The number of hydrogen-bond donors (Lipinski definition) is 2. The van der Waals surface area contributed by atoms with Crippen LogP contribution in [-0.4, -0.2) is 44.3 Å². The molecule has 2 amide bonds. The zero-order chi connectivity index (χ0) is 27.5. The van der Waals surface area contributed by atoms with E-state index in [1.54, 1.807) is 17.2 Å². The van der Waals surface area contributed by atoms with Gasteiger partial charge in [-0.15, -0.1) is 0 Å². The predicted molar refractivity (Wildman–Crippen MR) is 159 cm³/mol. The molecule has 3 aromatic rings. The Kier molecular flexibility index (Phi) is 7.40. The lowest BCUT2D eigenvalue weighted by Gasteiger charge is -2.29. The van der Waals surface area contributed by atoms with Gasteiger partial charge in [0.15, 0.2) is 6.61 Å². The molecule has 6 rings (SSSR count). The van der Waals surface area contributed by atoms with E-state index in [9.17, 15) is 9.59 Å². The number of carbonyl (C=O) groups is 2. The first-order valence-electron chi connectivity index (χ1n) is 14.2. The van der Waals surface area contributed by atoms with E-state index in [-0.39, 0.29) is 18.4 Å². The SMILES string of the molecule is Nc1ccc(N2Cc3cc(N4CCCCC4)ccc3C2=O)cc1N=Cc1ccc(OCC(=O)NCC2CC2)cc1. The van der Waals surface area contributed by atoms with Gasteiger partial charge >= 0.3 is 0 Å². The highest BCUT2D eigenvalue weighted by molar-refractivity contribution is 6.10. The van der Waals surface area contributed by atoms with Crippen molar-refractivity contribution >= 4 is 40.8 Å². The molecular formula is C32H35N5O3. The van der Waals surface area contributed by atoms with Crippen molar-refractivity contribution in [3.05, 3.63) is 77.4 Å². The number of nitrogen functional groups attached to an aromatic ring is 1. The van der Waals surface area contributed by atoms with Gasteiger partial charge in [-0.3, -0.25) is 14.6 Å². The van der Waals surface area contributed by atoms with E-state index in [0.717, 1.165) is 42.0 Å². The summed E-state index contributed by atoms with van der Waals surface area (Å²) in [5, 5.41) is 2.90. The summed E-state index contributed by atoms with van der Waals surface area (Å²) in [4.78, 5) is 34.0. The molecule has 0 unspecified atom stereocenters. The number of nitrogens with zero attached hydrogens (tertiary/aromatic N) is 3. The molecule has 3 N–H and O–H groups in total. The van der Waals surface area contributed by atoms with Crippen LogP contribution in [0.2, 0.25) is 0 Å². The van der Waals surface area contributed by atoms with E-state index in [1.165, 1.54) is 37.8 Å². The average molecular weight is 538 g/mol. The Morgan fingerprint density at radius 2 is 1.77 bits per heavy atom. The number of aliphatic imine (C=N–C) groups is 1. The minimum Gasteiger partial charge on any atom is -0.484 e. The highest BCUT2D eigenvalue weighted by Gasteiger charge is 2.29. The number of ether oxygens (including phenoxy) is 1. The fourth-order valence-corrected chi connectivity index (χ4v) is 5.25. The third-order valence-electron chi connectivity index (χ3n) is 7.83. The third kappa shape index (κ3) is 5.96. The Labute approximate surface area is 234 Å². The minimum atomic E-state index is -0.102. The second kappa shape index (κ2) is 11.4. The summed E-state index contributed by atoms with van der Waals surface area (Å²) < 4.78 is 5.59. The van der Waals surface area contributed by atoms with Crippen LogP contribution in [0, 0.1) is 5.92 Å². The van der Waals surface area contributed by atoms with Crippen molar-refractivity contribution in [2.75, 3.05) is 41.8 Å². The van der Waals surface area contributed by atoms with Crippen LogP contribution in [0.25, 0.3) is 0 Å². The van der Waals surface area contributed by atoms with Gasteiger partial charge in [-0.1, -0.05) is 0 Å². The Hall–Kier alpha value is -4.33. The van der Waals surface area contributed by atoms with Gasteiger partial charge in [0.2, 0.25) is 0 Å². The molecule has 1 aliphatic carbocycles. The Bertz CT molecular complexity index is 1420. The molecule has 0 spiro atoms. The van der Waals surface area contributed by atoms with E-state index in [4.69, 9.17) is 10.5 Å². The third-order valence-corrected chi connectivity index (χ3v) is 7.83. The summed E-state index contributed by atoms with van der Waals surface area (Å²) in [6.45, 7) is 3.41. The van der Waals surface area contributed by atoms with Crippen LogP contribution in [0.5, 0.6) is 5.75 Å². The first-order chi connectivity index (χ1) is 19.5. The van der Waals surface area contributed by atoms with Crippen molar-refractivity contribution in [3.63, 3.8) is 0 Å². The van der Waals surface area contributed by atoms with Crippen molar-refractivity contribution in [2.45, 2.75) is 38.6 Å². The Morgan fingerprint density at radius 3 is 2.55 bits per heavy atom. The molecule has 8 nitrogen and oxygen atoms in total. The van der Waals surface area contributed by atoms with Gasteiger partial charge in [-0.25, -0.2) is 0 Å². The zero-order valence-electron chi connectivity index (χ0n) is 22.6. The number of hydrogen-bond acceptors (Lipinski definition) is 6. The number of nitrogens with one attached hydrogen (secondary N) is 1. The van der Waals surface area contributed by atoms with Gasteiger partial charge < -0.3 is 25.6 Å². The number of nitrogens with two attached hydrogens (primary N) is 1. The van der Waals surface area contributed by atoms with Crippen LogP contribution in [0.1, 0.15) is 53.6 Å². The van der Waals surface area contributed by atoms with Gasteiger partial charge in [0, 0.05) is 42.8 Å². The normalized spacial score (nSPS) is 16.9. The maximum Gasteiger partial charge on any atom is 0.258 e. The predicted octanol–water partition coefficient (Wildman–Crippen LogP) is 5.08. The monoisotopic (exact) mass is 537 g/mol. The van der Waals surface area contributed by atoms with Crippen molar-refractivity contribution < 1.29 is 14.3 Å². The Balaban J connectivity index is 1.10. The minimum absolute atomic E-state index is 0.00212. The standard InChI is InChI=1S/C32H35N5O3/c33-29-13-9-26(37-20-24-16-25(8-12-28(24)32(37)39)36-14-2-1-3-15-36)17-30(29)34-18-23-6-10-27(11-7-23)40-21-31(38)35-19-22-4-5-22/h6-13,16-18,22H,1-5,14-15,19-21,33H2,(H,35,38). The first-order valence-corrected chi connectivity index (χ1v) is 14.2. The summed E-state index contributed by atoms with van der Waals surface area (Å²) in [6.07, 6.45) is 7.85. The van der Waals surface area contributed by atoms with Gasteiger partial charge in [-0.2, -0.15) is 0 Å². The average Bonchev–Trinajstić information content (AvgIpc) is 3.77. The molecule has 2 aliphatic heterocycles. The van der Waals surface area contributed by atoms with Crippen molar-refractivity contribution in [1.82, 2.24) is 5.32 Å². The fraction of sp³-hybridized carbons (Fsp3) is 0.344. The highest BCUT2D eigenvalue weighted by Crippen LogP contribution is 2.35. The van der Waals surface area contributed by atoms with Gasteiger partial charge in [0.1, 0.15) is 5.75 Å². The van der Waals surface area contributed by atoms with Crippen molar-refractivity contribution in [2.24, 2.45) is 10.9 Å². The molecule has 1 saturated carbocycles. The summed E-state index contributed by atoms with van der Waals surface area (Å²) in [6, 6.07) is 19.1.